The van der Waals surface area contributed by atoms with E-state index in [1.807, 2.05) is 18.2 Å². The van der Waals surface area contributed by atoms with E-state index in [1.165, 1.54) is 0 Å². The van der Waals surface area contributed by atoms with Gasteiger partial charge in [0, 0.05) is 17.6 Å². The number of hydrogen-bond donors (Lipinski definition) is 1. The maximum Gasteiger partial charge on any atom is 0.372 e. The van der Waals surface area contributed by atoms with E-state index in [0.29, 0.717) is 23.7 Å². The fourth-order valence-corrected chi connectivity index (χ4v) is 2.18. The van der Waals surface area contributed by atoms with E-state index >= 15 is 0 Å². The van der Waals surface area contributed by atoms with Gasteiger partial charge in [0.25, 0.3) is 0 Å². The lowest BCUT2D eigenvalue weighted by Crippen LogP contribution is -2.03. The van der Waals surface area contributed by atoms with Crippen LogP contribution >= 0.6 is 0 Å². The Morgan fingerprint density at radius 3 is 2.80 bits per heavy atom. The smallest absolute Gasteiger partial charge is 0.372 e. The Balaban J connectivity index is 2.08. The standard InChI is InChI=1S/C16H20O4/c1-11(2)6-5-9-19-10-13-12-7-3-4-8-14(12)20-15(13)16(17)18/h3-4,7-8,11H,5-6,9-10H2,1-2H3,(H,17,18). The van der Waals surface area contributed by atoms with Crippen molar-refractivity contribution in [2.45, 2.75) is 33.3 Å². The van der Waals surface area contributed by atoms with Gasteiger partial charge in [0.15, 0.2) is 0 Å². The quantitative estimate of drug-likeness (QED) is 0.774. The van der Waals surface area contributed by atoms with Crippen molar-refractivity contribution in [1.82, 2.24) is 0 Å². The van der Waals surface area contributed by atoms with E-state index in [1.54, 1.807) is 6.07 Å². The highest BCUT2D eigenvalue weighted by Gasteiger charge is 2.19. The lowest BCUT2D eigenvalue weighted by Gasteiger charge is -2.06. The van der Waals surface area contributed by atoms with Crippen molar-refractivity contribution in [1.29, 1.82) is 0 Å². The average molecular weight is 276 g/mol. The molecule has 1 N–H and O–H groups in total. The number of aromatic carboxylic acids is 1. The molecule has 1 heterocycles. The zero-order chi connectivity index (χ0) is 14.5. The Labute approximate surface area is 118 Å². The molecule has 0 saturated carbocycles. The molecule has 2 aromatic rings. The lowest BCUT2D eigenvalue weighted by atomic mass is 10.1. The number of carbonyl (C=O) groups is 1. The number of furan rings is 1. The first-order valence-corrected chi connectivity index (χ1v) is 6.91. The second kappa shape index (κ2) is 6.57. The monoisotopic (exact) mass is 276 g/mol. The van der Waals surface area contributed by atoms with Crippen molar-refractivity contribution in [3.63, 3.8) is 0 Å². The minimum Gasteiger partial charge on any atom is -0.475 e. The summed E-state index contributed by atoms with van der Waals surface area (Å²) in [6.07, 6.45) is 2.09. The molecule has 0 saturated heterocycles. The number of para-hydroxylation sites is 1. The summed E-state index contributed by atoms with van der Waals surface area (Å²) in [5, 5.41) is 10.0. The molecule has 0 spiro atoms. The van der Waals surface area contributed by atoms with Gasteiger partial charge < -0.3 is 14.3 Å². The van der Waals surface area contributed by atoms with E-state index in [2.05, 4.69) is 13.8 Å². The molecule has 2 rings (SSSR count). The van der Waals surface area contributed by atoms with Gasteiger partial charge in [0.2, 0.25) is 5.76 Å². The number of ether oxygens (including phenoxy) is 1. The van der Waals surface area contributed by atoms with Crippen LogP contribution in [0.4, 0.5) is 0 Å². The molecule has 0 radical (unpaired) electrons. The van der Waals surface area contributed by atoms with E-state index in [4.69, 9.17) is 9.15 Å². The summed E-state index contributed by atoms with van der Waals surface area (Å²) in [4.78, 5) is 11.2. The second-order valence-corrected chi connectivity index (χ2v) is 5.30. The number of carboxylic acid groups (broad SMARTS) is 1. The normalized spacial score (nSPS) is 11.3. The number of hydrogen-bond acceptors (Lipinski definition) is 3. The molecule has 108 valence electrons. The summed E-state index contributed by atoms with van der Waals surface area (Å²) in [7, 11) is 0. The van der Waals surface area contributed by atoms with Gasteiger partial charge in [-0.1, -0.05) is 32.0 Å². The maximum absolute atomic E-state index is 11.2. The molecule has 0 fully saturated rings. The molecule has 0 aliphatic rings. The molecule has 0 aliphatic carbocycles. The van der Waals surface area contributed by atoms with Gasteiger partial charge in [0.1, 0.15) is 5.58 Å². The third kappa shape index (κ3) is 3.39. The Morgan fingerprint density at radius 1 is 1.35 bits per heavy atom. The number of benzene rings is 1. The first-order chi connectivity index (χ1) is 9.59. The lowest BCUT2D eigenvalue weighted by molar-refractivity contribution is 0.0652. The van der Waals surface area contributed by atoms with Crippen LogP contribution < -0.4 is 0 Å². The van der Waals surface area contributed by atoms with Crippen LogP contribution in [-0.4, -0.2) is 17.7 Å². The van der Waals surface area contributed by atoms with Crippen LogP contribution in [0.2, 0.25) is 0 Å². The summed E-state index contributed by atoms with van der Waals surface area (Å²) < 4.78 is 11.0. The number of rotatable bonds is 7. The SMILES string of the molecule is CC(C)CCCOCc1c(C(=O)O)oc2ccccc12. The van der Waals surface area contributed by atoms with Gasteiger partial charge in [0.05, 0.1) is 6.61 Å². The molecule has 20 heavy (non-hydrogen) atoms. The van der Waals surface area contributed by atoms with Crippen molar-refractivity contribution in [2.24, 2.45) is 5.92 Å². The van der Waals surface area contributed by atoms with Crippen molar-refractivity contribution >= 4 is 16.9 Å². The highest BCUT2D eigenvalue weighted by Crippen LogP contribution is 2.26. The van der Waals surface area contributed by atoms with Crippen molar-refractivity contribution in [3.8, 4) is 0 Å². The fourth-order valence-electron chi connectivity index (χ4n) is 2.18. The molecule has 0 unspecified atom stereocenters. The Morgan fingerprint density at radius 2 is 2.10 bits per heavy atom. The summed E-state index contributed by atoms with van der Waals surface area (Å²) in [6, 6.07) is 7.32. The highest BCUT2D eigenvalue weighted by molar-refractivity contribution is 5.94. The minimum atomic E-state index is -1.05. The second-order valence-electron chi connectivity index (χ2n) is 5.30. The molecule has 0 bridgehead atoms. The molecular formula is C16H20O4. The predicted octanol–water partition coefficient (Wildman–Crippen LogP) is 4.08. The fraction of sp³-hybridized carbons (Fsp3) is 0.438. The van der Waals surface area contributed by atoms with Gasteiger partial charge in [-0.15, -0.1) is 0 Å². The topological polar surface area (TPSA) is 59.7 Å². The first kappa shape index (κ1) is 14.6. The third-order valence-corrected chi connectivity index (χ3v) is 3.21. The zero-order valence-electron chi connectivity index (χ0n) is 11.9. The van der Waals surface area contributed by atoms with Gasteiger partial charge in [-0.2, -0.15) is 0 Å². The molecule has 0 atom stereocenters. The summed E-state index contributed by atoms with van der Waals surface area (Å²) >= 11 is 0. The molecule has 1 aromatic heterocycles. The molecular weight excluding hydrogens is 256 g/mol. The molecule has 0 amide bonds. The first-order valence-electron chi connectivity index (χ1n) is 6.91. The van der Waals surface area contributed by atoms with E-state index in [-0.39, 0.29) is 12.4 Å². The Kier molecular flexibility index (Phi) is 4.79. The summed E-state index contributed by atoms with van der Waals surface area (Å²) in [5.41, 5.74) is 1.21. The van der Waals surface area contributed by atoms with Crippen LogP contribution in [0, 0.1) is 5.92 Å². The van der Waals surface area contributed by atoms with Gasteiger partial charge in [-0.3, -0.25) is 0 Å². The van der Waals surface area contributed by atoms with Gasteiger partial charge >= 0.3 is 5.97 Å². The van der Waals surface area contributed by atoms with E-state index < -0.39 is 5.97 Å². The molecule has 4 nitrogen and oxygen atoms in total. The van der Waals surface area contributed by atoms with Crippen molar-refractivity contribution in [2.75, 3.05) is 6.61 Å². The Bertz CT molecular complexity index is 583. The number of fused-ring (bicyclic) bond motifs is 1. The predicted molar refractivity (Wildman–Crippen MR) is 76.9 cm³/mol. The van der Waals surface area contributed by atoms with Gasteiger partial charge in [-0.25, -0.2) is 4.79 Å². The van der Waals surface area contributed by atoms with Crippen LogP contribution in [0.3, 0.4) is 0 Å². The van der Waals surface area contributed by atoms with Crippen LogP contribution in [0.5, 0.6) is 0 Å². The van der Waals surface area contributed by atoms with Crippen LogP contribution in [0.25, 0.3) is 11.0 Å². The van der Waals surface area contributed by atoms with Crippen LogP contribution in [-0.2, 0) is 11.3 Å². The summed E-state index contributed by atoms with van der Waals surface area (Å²) in [6.45, 7) is 5.26. The van der Waals surface area contributed by atoms with Crippen molar-refractivity contribution in [3.05, 3.63) is 35.6 Å². The maximum atomic E-state index is 11.2. The molecule has 0 aliphatic heterocycles. The van der Waals surface area contributed by atoms with Crippen molar-refractivity contribution < 1.29 is 19.1 Å². The zero-order valence-corrected chi connectivity index (χ0v) is 11.9. The summed E-state index contributed by atoms with van der Waals surface area (Å²) in [5.74, 6) is -0.417. The number of carboxylic acids is 1. The average Bonchev–Trinajstić information content (AvgIpc) is 2.77. The largest absolute Gasteiger partial charge is 0.475 e. The third-order valence-electron chi connectivity index (χ3n) is 3.21. The molecule has 4 heteroatoms. The van der Waals surface area contributed by atoms with E-state index in [9.17, 15) is 9.90 Å². The van der Waals surface area contributed by atoms with Crippen LogP contribution in [0.1, 0.15) is 42.8 Å². The van der Waals surface area contributed by atoms with Crippen LogP contribution in [0.15, 0.2) is 28.7 Å². The molecule has 1 aromatic carbocycles. The highest BCUT2D eigenvalue weighted by atomic mass is 16.5. The van der Waals surface area contributed by atoms with E-state index in [0.717, 1.165) is 18.2 Å². The minimum absolute atomic E-state index is 0.0185. The van der Waals surface area contributed by atoms with Gasteiger partial charge in [-0.05, 0) is 24.8 Å². The Hall–Kier alpha value is -1.81.